The molecule has 0 amide bonds. The molecule has 0 saturated heterocycles. The maximum atomic E-state index is 10.7. The summed E-state index contributed by atoms with van der Waals surface area (Å²) in [7, 11) is 3.10. The van der Waals surface area contributed by atoms with E-state index in [4.69, 9.17) is 14.5 Å². The van der Waals surface area contributed by atoms with Crippen molar-refractivity contribution in [2.45, 2.75) is 20.4 Å². The second-order valence-electron chi connectivity index (χ2n) is 6.23. The van der Waals surface area contributed by atoms with Crippen molar-refractivity contribution in [2.75, 3.05) is 14.2 Å². The van der Waals surface area contributed by atoms with Crippen LogP contribution in [0.4, 0.5) is 0 Å². The van der Waals surface area contributed by atoms with Gasteiger partial charge in [0, 0.05) is 18.0 Å². The first-order valence-corrected chi connectivity index (χ1v) is 8.76. The Hall–Kier alpha value is -3.62. The first-order chi connectivity index (χ1) is 13.5. The van der Waals surface area contributed by atoms with Crippen molar-refractivity contribution in [3.8, 4) is 34.6 Å². The highest BCUT2D eigenvalue weighted by atomic mass is 16.5. The average Bonchev–Trinajstić information content (AvgIpc) is 3.31. The van der Waals surface area contributed by atoms with Crippen LogP contribution >= 0.6 is 0 Å². The standard InChI is InChI=1S/C19H20N6O3/c1-5-25-21-9-16(23-25)24-10-14-17(19(24)26)11(2)6-13(22-14)12-7-15(27-3)18(28-4)20-8-12/h6-10,26H,5H2,1-4H3. The number of rotatable bonds is 5. The predicted molar refractivity (Wildman–Crippen MR) is 103 cm³/mol. The summed E-state index contributed by atoms with van der Waals surface area (Å²) in [6.07, 6.45) is 5.04. The first-order valence-electron chi connectivity index (χ1n) is 8.76. The van der Waals surface area contributed by atoms with Gasteiger partial charge in [-0.3, -0.25) is 4.57 Å². The predicted octanol–water partition coefficient (Wildman–Crippen LogP) is 2.73. The van der Waals surface area contributed by atoms with Gasteiger partial charge in [-0.05, 0) is 31.5 Å². The van der Waals surface area contributed by atoms with Crippen LogP contribution in [0.3, 0.4) is 0 Å². The molecule has 0 bridgehead atoms. The number of aryl methyl sites for hydroxylation is 2. The topological polar surface area (TPSA) is 100 Å². The lowest BCUT2D eigenvalue weighted by Gasteiger charge is -2.09. The van der Waals surface area contributed by atoms with Crippen LogP contribution in [0.25, 0.3) is 28.0 Å². The number of hydrogen-bond acceptors (Lipinski definition) is 7. The molecule has 9 heteroatoms. The van der Waals surface area contributed by atoms with Gasteiger partial charge in [0.2, 0.25) is 5.88 Å². The van der Waals surface area contributed by atoms with Gasteiger partial charge in [0.15, 0.2) is 11.6 Å². The summed E-state index contributed by atoms with van der Waals surface area (Å²) in [5, 5.41) is 19.9. The number of aromatic nitrogens is 6. The zero-order valence-corrected chi connectivity index (χ0v) is 16.0. The Morgan fingerprint density at radius 1 is 1.14 bits per heavy atom. The molecule has 1 N–H and O–H groups in total. The fourth-order valence-corrected chi connectivity index (χ4v) is 3.13. The van der Waals surface area contributed by atoms with Gasteiger partial charge in [-0.1, -0.05) is 0 Å². The average molecular weight is 380 g/mol. The molecular weight excluding hydrogens is 360 g/mol. The molecular formula is C19H20N6O3. The van der Waals surface area contributed by atoms with Gasteiger partial charge < -0.3 is 14.6 Å². The van der Waals surface area contributed by atoms with Gasteiger partial charge in [0.1, 0.15) is 0 Å². The molecule has 0 fully saturated rings. The van der Waals surface area contributed by atoms with Crippen molar-refractivity contribution in [3.63, 3.8) is 0 Å². The van der Waals surface area contributed by atoms with E-state index in [1.807, 2.05) is 26.0 Å². The molecule has 144 valence electrons. The van der Waals surface area contributed by atoms with E-state index in [0.29, 0.717) is 40.6 Å². The molecule has 0 radical (unpaired) electrons. The molecule has 4 rings (SSSR count). The van der Waals surface area contributed by atoms with Crippen LogP contribution < -0.4 is 9.47 Å². The van der Waals surface area contributed by atoms with Crippen molar-refractivity contribution in [3.05, 3.63) is 36.3 Å². The minimum Gasteiger partial charge on any atom is -0.494 e. The van der Waals surface area contributed by atoms with E-state index in [2.05, 4.69) is 15.2 Å². The van der Waals surface area contributed by atoms with Gasteiger partial charge in [-0.15, -0.1) is 5.10 Å². The fourth-order valence-electron chi connectivity index (χ4n) is 3.13. The third-order valence-corrected chi connectivity index (χ3v) is 4.53. The minimum absolute atomic E-state index is 0.0835. The van der Waals surface area contributed by atoms with Crippen molar-refractivity contribution in [1.82, 2.24) is 29.5 Å². The lowest BCUT2D eigenvalue weighted by Crippen LogP contribution is -2.00. The van der Waals surface area contributed by atoms with Crippen LogP contribution in [0.5, 0.6) is 17.5 Å². The first kappa shape index (κ1) is 17.8. The summed E-state index contributed by atoms with van der Waals surface area (Å²) < 4.78 is 12.1. The van der Waals surface area contributed by atoms with E-state index >= 15 is 0 Å². The van der Waals surface area contributed by atoms with Crippen molar-refractivity contribution >= 4 is 10.9 Å². The van der Waals surface area contributed by atoms with E-state index < -0.39 is 0 Å². The summed E-state index contributed by atoms with van der Waals surface area (Å²) in [5.74, 6) is 1.55. The molecule has 0 spiro atoms. The Bertz CT molecular complexity index is 1160. The Kier molecular flexibility index (Phi) is 4.34. The summed E-state index contributed by atoms with van der Waals surface area (Å²) in [6.45, 7) is 4.52. The molecule has 4 aromatic heterocycles. The zero-order chi connectivity index (χ0) is 19.8. The highest BCUT2D eigenvalue weighted by Crippen LogP contribution is 2.35. The minimum atomic E-state index is 0.0835. The largest absolute Gasteiger partial charge is 0.494 e. The fraction of sp³-hybridized carbons (Fsp3) is 0.263. The maximum absolute atomic E-state index is 10.7. The van der Waals surface area contributed by atoms with E-state index in [1.165, 1.54) is 0 Å². The van der Waals surface area contributed by atoms with Crippen molar-refractivity contribution in [1.29, 1.82) is 0 Å². The van der Waals surface area contributed by atoms with Gasteiger partial charge in [-0.2, -0.15) is 9.90 Å². The summed E-state index contributed by atoms with van der Waals surface area (Å²) in [5.41, 5.74) is 3.03. The van der Waals surface area contributed by atoms with Crippen molar-refractivity contribution < 1.29 is 14.6 Å². The molecule has 4 aromatic rings. The highest BCUT2D eigenvalue weighted by Gasteiger charge is 2.17. The molecule has 9 nitrogen and oxygen atoms in total. The zero-order valence-electron chi connectivity index (χ0n) is 16.0. The SMILES string of the molecule is CCn1ncc(-n2cc3nc(-c4cnc(OC)c(OC)c4)cc(C)c3c2O)n1. The number of hydrogen-bond donors (Lipinski definition) is 1. The molecule has 0 aliphatic rings. The van der Waals surface area contributed by atoms with E-state index in [1.54, 1.807) is 42.2 Å². The van der Waals surface area contributed by atoms with E-state index in [-0.39, 0.29) is 5.88 Å². The monoisotopic (exact) mass is 380 g/mol. The van der Waals surface area contributed by atoms with Crippen LogP contribution in [0.1, 0.15) is 12.5 Å². The Balaban J connectivity index is 1.85. The smallest absolute Gasteiger partial charge is 0.256 e. The lowest BCUT2D eigenvalue weighted by atomic mass is 10.1. The van der Waals surface area contributed by atoms with Gasteiger partial charge in [-0.25, -0.2) is 9.97 Å². The van der Waals surface area contributed by atoms with E-state index in [9.17, 15) is 5.11 Å². The summed E-state index contributed by atoms with van der Waals surface area (Å²) in [6, 6.07) is 3.72. The molecule has 0 saturated carbocycles. The number of fused-ring (bicyclic) bond motifs is 1. The molecule has 28 heavy (non-hydrogen) atoms. The Labute approximate surface area is 161 Å². The molecule has 0 aliphatic heterocycles. The molecule has 4 heterocycles. The number of nitrogens with zero attached hydrogens (tertiary/aromatic N) is 6. The van der Waals surface area contributed by atoms with Crippen LogP contribution in [-0.2, 0) is 6.54 Å². The highest BCUT2D eigenvalue weighted by molar-refractivity contribution is 5.90. The molecule has 0 aliphatic carbocycles. The maximum Gasteiger partial charge on any atom is 0.256 e. The van der Waals surface area contributed by atoms with Gasteiger partial charge in [0.25, 0.3) is 5.88 Å². The lowest BCUT2D eigenvalue weighted by molar-refractivity contribution is 0.343. The quantitative estimate of drug-likeness (QED) is 0.568. The summed E-state index contributed by atoms with van der Waals surface area (Å²) in [4.78, 5) is 10.5. The second kappa shape index (κ2) is 6.84. The van der Waals surface area contributed by atoms with Crippen molar-refractivity contribution in [2.24, 2.45) is 0 Å². The Morgan fingerprint density at radius 3 is 2.64 bits per heavy atom. The number of aromatic hydroxyl groups is 1. The van der Waals surface area contributed by atoms with Crippen LogP contribution in [0.2, 0.25) is 0 Å². The molecule has 0 unspecified atom stereocenters. The van der Waals surface area contributed by atoms with Gasteiger partial charge in [0.05, 0.1) is 43.6 Å². The van der Waals surface area contributed by atoms with Crippen LogP contribution in [0.15, 0.2) is 30.7 Å². The van der Waals surface area contributed by atoms with Gasteiger partial charge >= 0.3 is 0 Å². The number of pyridine rings is 2. The number of methoxy groups -OCH3 is 2. The number of ether oxygens (including phenoxy) is 2. The molecule has 0 aromatic carbocycles. The third-order valence-electron chi connectivity index (χ3n) is 4.53. The summed E-state index contributed by atoms with van der Waals surface area (Å²) >= 11 is 0. The Morgan fingerprint density at radius 2 is 1.96 bits per heavy atom. The van der Waals surface area contributed by atoms with E-state index in [0.717, 1.165) is 11.1 Å². The third kappa shape index (κ3) is 2.81. The normalized spacial score (nSPS) is 11.1. The molecule has 0 atom stereocenters. The second-order valence-corrected chi connectivity index (χ2v) is 6.23. The van der Waals surface area contributed by atoms with Crippen LogP contribution in [0, 0.1) is 6.92 Å². The van der Waals surface area contributed by atoms with Crippen LogP contribution in [-0.4, -0.2) is 48.9 Å².